The Kier molecular flexibility index (Phi) is 8.08. The number of Topliss-reactive ketones (excluding diaryl/α,β-unsaturated/α-hetero) is 1. The highest BCUT2D eigenvalue weighted by Crippen LogP contribution is 2.33. The number of hydrogen-bond acceptors (Lipinski definition) is 5. The topological polar surface area (TPSA) is 59.1 Å². The first-order valence-electron chi connectivity index (χ1n) is 11.2. The van der Waals surface area contributed by atoms with Gasteiger partial charge in [-0.1, -0.05) is 26.7 Å². The van der Waals surface area contributed by atoms with Crippen LogP contribution in [0.3, 0.4) is 0 Å². The molecule has 0 atom stereocenters. The Bertz CT molecular complexity index is 747. The van der Waals surface area contributed by atoms with Gasteiger partial charge in [0.05, 0.1) is 13.2 Å². The number of unbranched alkanes of at least 4 members (excludes halogenated alkanes) is 2. The number of benzene rings is 1. The van der Waals surface area contributed by atoms with E-state index in [0.717, 1.165) is 64.2 Å². The Labute approximate surface area is 178 Å². The second kappa shape index (κ2) is 10.8. The first kappa shape index (κ1) is 22.5. The number of rotatable bonds is 10. The van der Waals surface area contributed by atoms with E-state index >= 15 is 0 Å². The number of fused-ring (bicyclic) bond motifs is 4. The Hall–Kier alpha value is -2.15. The highest BCUT2D eigenvalue weighted by atomic mass is 19.1. The van der Waals surface area contributed by atoms with E-state index < -0.39 is 17.5 Å². The average molecular weight is 421 g/mol. The van der Waals surface area contributed by atoms with E-state index in [0.29, 0.717) is 19.8 Å². The fourth-order valence-electron chi connectivity index (χ4n) is 4.00. The highest BCUT2D eigenvalue weighted by molar-refractivity contribution is 6.42. The number of piperidine rings is 1. The van der Waals surface area contributed by atoms with Crippen LogP contribution in [0.25, 0.3) is 0 Å². The van der Waals surface area contributed by atoms with Crippen LogP contribution in [0.15, 0.2) is 12.1 Å². The first-order valence-corrected chi connectivity index (χ1v) is 11.2. The van der Waals surface area contributed by atoms with Crippen LogP contribution in [0.1, 0.15) is 62.7 Å². The lowest BCUT2D eigenvalue weighted by molar-refractivity contribution is -0.128. The van der Waals surface area contributed by atoms with Gasteiger partial charge in [0.25, 0.3) is 11.7 Å². The molecule has 1 amide bonds. The van der Waals surface area contributed by atoms with Crippen molar-refractivity contribution < 1.29 is 23.5 Å². The fourth-order valence-corrected chi connectivity index (χ4v) is 4.00. The van der Waals surface area contributed by atoms with Gasteiger partial charge in [0.15, 0.2) is 17.3 Å². The van der Waals surface area contributed by atoms with E-state index in [9.17, 15) is 14.0 Å². The minimum Gasteiger partial charge on any atom is -0.490 e. The second-order valence-electron chi connectivity index (χ2n) is 8.09. The summed E-state index contributed by atoms with van der Waals surface area (Å²) in [6.07, 6.45) is 5.21. The summed E-state index contributed by atoms with van der Waals surface area (Å²) >= 11 is 0. The summed E-state index contributed by atoms with van der Waals surface area (Å²) in [5.74, 6) is -1.69. The van der Waals surface area contributed by atoms with Gasteiger partial charge in [-0.3, -0.25) is 9.59 Å². The summed E-state index contributed by atoms with van der Waals surface area (Å²) in [6, 6.07) is 2.65. The van der Waals surface area contributed by atoms with E-state index in [2.05, 4.69) is 4.90 Å². The van der Waals surface area contributed by atoms with Crippen LogP contribution >= 0.6 is 0 Å². The molecule has 0 unspecified atom stereocenters. The lowest BCUT2D eigenvalue weighted by Gasteiger charge is -2.31. The standard InChI is InChI=1S/C23H33FN2O4/c1-3-5-13-29-20-16-17(15-19(24)22(20)30-14-6-4-2)21(27)23(28)26-12-11-25-9-7-18(26)8-10-25/h15-16,18H,3-14H2,1-2H3. The third-order valence-corrected chi connectivity index (χ3v) is 5.88. The van der Waals surface area contributed by atoms with Gasteiger partial charge < -0.3 is 19.3 Å². The molecule has 7 heteroatoms. The number of amides is 1. The molecule has 3 aliphatic rings. The van der Waals surface area contributed by atoms with Crippen LogP contribution in [-0.2, 0) is 4.79 Å². The number of nitrogens with zero attached hydrogens (tertiary/aromatic N) is 2. The van der Waals surface area contributed by atoms with E-state index in [-0.39, 0.29) is 23.1 Å². The number of carbonyl (C=O) groups is 2. The molecule has 0 saturated carbocycles. The monoisotopic (exact) mass is 420 g/mol. The molecule has 4 rings (SSSR count). The average Bonchev–Trinajstić information content (AvgIpc) is 3.08. The molecule has 166 valence electrons. The molecule has 0 aromatic heterocycles. The third kappa shape index (κ3) is 5.31. The van der Waals surface area contributed by atoms with Crippen LogP contribution in [0.4, 0.5) is 4.39 Å². The predicted molar refractivity (Wildman–Crippen MR) is 113 cm³/mol. The van der Waals surface area contributed by atoms with Crippen LogP contribution in [0.5, 0.6) is 11.5 Å². The van der Waals surface area contributed by atoms with Gasteiger partial charge in [0, 0.05) is 37.8 Å². The normalized spacial score (nSPS) is 20.7. The molecule has 30 heavy (non-hydrogen) atoms. The summed E-state index contributed by atoms with van der Waals surface area (Å²) in [5, 5.41) is 0. The van der Waals surface area contributed by atoms with Crippen LogP contribution in [0.2, 0.25) is 0 Å². The number of ether oxygens (including phenoxy) is 2. The van der Waals surface area contributed by atoms with Crippen molar-refractivity contribution >= 4 is 11.7 Å². The van der Waals surface area contributed by atoms with Gasteiger partial charge in [-0.05, 0) is 37.8 Å². The van der Waals surface area contributed by atoms with Gasteiger partial charge in [-0.2, -0.15) is 0 Å². The minimum absolute atomic E-state index is 0.0183. The summed E-state index contributed by atoms with van der Waals surface area (Å²) in [5.41, 5.74) is 0.0194. The molecule has 0 aliphatic carbocycles. The van der Waals surface area contributed by atoms with Crippen LogP contribution in [-0.4, -0.2) is 66.9 Å². The molecule has 3 saturated heterocycles. The second-order valence-corrected chi connectivity index (χ2v) is 8.09. The number of carbonyl (C=O) groups excluding carboxylic acids is 2. The lowest BCUT2D eigenvalue weighted by atomic mass is 10.0. The number of ketones is 1. The van der Waals surface area contributed by atoms with Crippen molar-refractivity contribution in [1.82, 2.24) is 9.80 Å². The maximum absolute atomic E-state index is 14.8. The van der Waals surface area contributed by atoms with Gasteiger partial charge >= 0.3 is 0 Å². The largest absolute Gasteiger partial charge is 0.490 e. The molecule has 3 fully saturated rings. The molecular formula is C23H33FN2O4. The maximum Gasteiger partial charge on any atom is 0.295 e. The first-order chi connectivity index (χ1) is 14.5. The minimum atomic E-state index is -0.685. The van der Waals surface area contributed by atoms with Crippen LogP contribution in [0, 0.1) is 5.82 Å². The number of halogens is 1. The quantitative estimate of drug-likeness (QED) is 0.328. The van der Waals surface area contributed by atoms with Crippen molar-refractivity contribution in [2.45, 2.75) is 58.4 Å². The van der Waals surface area contributed by atoms with Crippen molar-refractivity contribution in [3.05, 3.63) is 23.5 Å². The number of hydrogen-bond donors (Lipinski definition) is 0. The summed E-state index contributed by atoms with van der Waals surface area (Å²) in [7, 11) is 0. The van der Waals surface area contributed by atoms with Crippen LogP contribution < -0.4 is 9.47 Å². The zero-order valence-electron chi connectivity index (χ0n) is 18.1. The van der Waals surface area contributed by atoms with Crippen molar-refractivity contribution in [2.75, 3.05) is 39.4 Å². The van der Waals surface area contributed by atoms with E-state index in [4.69, 9.17) is 9.47 Å². The van der Waals surface area contributed by atoms with E-state index in [1.165, 1.54) is 6.07 Å². The van der Waals surface area contributed by atoms with Crippen molar-refractivity contribution in [3.8, 4) is 11.5 Å². The Morgan fingerprint density at radius 2 is 1.67 bits per heavy atom. The van der Waals surface area contributed by atoms with E-state index in [1.54, 1.807) is 4.90 Å². The molecule has 0 N–H and O–H groups in total. The Morgan fingerprint density at radius 3 is 2.33 bits per heavy atom. The molecular weight excluding hydrogens is 387 g/mol. The third-order valence-electron chi connectivity index (χ3n) is 5.88. The van der Waals surface area contributed by atoms with Gasteiger partial charge in [-0.15, -0.1) is 0 Å². The van der Waals surface area contributed by atoms with Crippen molar-refractivity contribution in [3.63, 3.8) is 0 Å². The zero-order valence-corrected chi connectivity index (χ0v) is 18.1. The molecule has 3 aliphatic heterocycles. The Morgan fingerprint density at radius 1 is 1.00 bits per heavy atom. The predicted octanol–water partition coefficient (Wildman–Crippen LogP) is 3.67. The summed E-state index contributed by atoms with van der Waals surface area (Å²) < 4.78 is 26.2. The SMILES string of the molecule is CCCCOc1cc(C(=O)C(=O)N2CCN3CCC2CC3)cc(F)c1OCCCC. The Balaban J connectivity index is 1.80. The van der Waals surface area contributed by atoms with Gasteiger partial charge in [0.2, 0.25) is 0 Å². The summed E-state index contributed by atoms with van der Waals surface area (Å²) in [4.78, 5) is 29.9. The fraction of sp³-hybridized carbons (Fsp3) is 0.652. The molecule has 3 heterocycles. The van der Waals surface area contributed by atoms with E-state index in [1.807, 2.05) is 13.8 Å². The lowest BCUT2D eigenvalue weighted by Crippen LogP contribution is -2.44. The zero-order chi connectivity index (χ0) is 21.5. The van der Waals surface area contributed by atoms with Gasteiger partial charge in [-0.25, -0.2) is 4.39 Å². The molecule has 2 bridgehead atoms. The molecule has 1 aromatic rings. The van der Waals surface area contributed by atoms with Crippen molar-refractivity contribution in [1.29, 1.82) is 0 Å². The molecule has 6 nitrogen and oxygen atoms in total. The molecule has 1 aromatic carbocycles. The highest BCUT2D eigenvalue weighted by Gasteiger charge is 2.35. The summed E-state index contributed by atoms with van der Waals surface area (Å²) in [6.45, 7) is 8.05. The van der Waals surface area contributed by atoms with Gasteiger partial charge in [0.1, 0.15) is 0 Å². The molecule has 0 radical (unpaired) electrons. The molecule has 0 spiro atoms. The van der Waals surface area contributed by atoms with Crippen molar-refractivity contribution in [2.24, 2.45) is 0 Å². The maximum atomic E-state index is 14.8. The smallest absolute Gasteiger partial charge is 0.295 e.